The summed E-state index contributed by atoms with van der Waals surface area (Å²) in [5.41, 5.74) is 6.57. The number of hydrogen-bond acceptors (Lipinski definition) is 3. The molecule has 0 aliphatic carbocycles. The van der Waals surface area contributed by atoms with Gasteiger partial charge in [-0.25, -0.2) is 0 Å². The standard InChI is InChI=1S/C16H17ClN2O2/c17-12-7-8-14(15(18)11-12)16(20)19-9-4-10-21-13-5-2-1-3-6-13/h1-3,5-8,11H,4,9-10,18H2,(H,19,20). The Labute approximate surface area is 128 Å². The van der Waals surface area contributed by atoms with Gasteiger partial charge in [0.1, 0.15) is 5.75 Å². The molecule has 2 rings (SSSR count). The van der Waals surface area contributed by atoms with Crippen molar-refractivity contribution < 1.29 is 9.53 Å². The number of ether oxygens (including phenoxy) is 1. The maximum atomic E-state index is 11.9. The Bertz CT molecular complexity index is 602. The Morgan fingerprint density at radius 2 is 1.95 bits per heavy atom. The third-order valence-electron chi connectivity index (χ3n) is 2.88. The van der Waals surface area contributed by atoms with Gasteiger partial charge in [0.25, 0.3) is 5.91 Å². The number of carbonyl (C=O) groups is 1. The minimum Gasteiger partial charge on any atom is -0.494 e. The van der Waals surface area contributed by atoms with Gasteiger partial charge in [0.2, 0.25) is 0 Å². The average molecular weight is 305 g/mol. The lowest BCUT2D eigenvalue weighted by atomic mass is 10.1. The van der Waals surface area contributed by atoms with Gasteiger partial charge in [-0.05, 0) is 36.8 Å². The molecule has 0 saturated heterocycles. The lowest BCUT2D eigenvalue weighted by Crippen LogP contribution is -2.26. The zero-order chi connectivity index (χ0) is 15.1. The highest BCUT2D eigenvalue weighted by Crippen LogP contribution is 2.17. The predicted octanol–water partition coefficient (Wildman–Crippen LogP) is 3.12. The number of nitrogens with two attached hydrogens (primary N) is 1. The first-order chi connectivity index (χ1) is 10.2. The zero-order valence-corrected chi connectivity index (χ0v) is 12.3. The molecule has 0 radical (unpaired) electrons. The number of para-hydroxylation sites is 1. The Morgan fingerprint density at radius 1 is 1.19 bits per heavy atom. The van der Waals surface area contributed by atoms with Crippen LogP contribution in [0.15, 0.2) is 48.5 Å². The van der Waals surface area contributed by atoms with Crippen molar-refractivity contribution in [1.29, 1.82) is 0 Å². The summed E-state index contributed by atoms with van der Waals surface area (Å²) in [5, 5.41) is 3.32. The zero-order valence-electron chi connectivity index (χ0n) is 11.5. The van der Waals surface area contributed by atoms with Gasteiger partial charge in [-0.3, -0.25) is 4.79 Å². The lowest BCUT2D eigenvalue weighted by Gasteiger charge is -2.09. The summed E-state index contributed by atoms with van der Waals surface area (Å²) in [7, 11) is 0. The van der Waals surface area contributed by atoms with Crippen LogP contribution in [0.5, 0.6) is 5.75 Å². The molecule has 0 unspecified atom stereocenters. The van der Waals surface area contributed by atoms with Crippen molar-refractivity contribution in [2.24, 2.45) is 0 Å². The molecular weight excluding hydrogens is 288 g/mol. The summed E-state index contributed by atoms with van der Waals surface area (Å²) < 4.78 is 5.54. The highest BCUT2D eigenvalue weighted by molar-refractivity contribution is 6.31. The summed E-state index contributed by atoms with van der Waals surface area (Å²) in [4.78, 5) is 11.9. The number of halogens is 1. The first-order valence-corrected chi connectivity index (χ1v) is 7.05. The fourth-order valence-corrected chi connectivity index (χ4v) is 2.00. The predicted molar refractivity (Wildman–Crippen MR) is 84.8 cm³/mol. The molecule has 0 saturated carbocycles. The van der Waals surface area contributed by atoms with E-state index < -0.39 is 0 Å². The number of hydrogen-bond donors (Lipinski definition) is 2. The molecule has 4 nitrogen and oxygen atoms in total. The van der Waals surface area contributed by atoms with E-state index in [-0.39, 0.29) is 5.91 Å². The van der Waals surface area contributed by atoms with E-state index in [2.05, 4.69) is 5.32 Å². The number of benzene rings is 2. The Hall–Kier alpha value is -2.20. The van der Waals surface area contributed by atoms with Crippen molar-refractivity contribution in [3.8, 4) is 5.75 Å². The van der Waals surface area contributed by atoms with E-state index in [1.165, 1.54) is 0 Å². The smallest absolute Gasteiger partial charge is 0.253 e. The topological polar surface area (TPSA) is 64.4 Å². The maximum absolute atomic E-state index is 11.9. The second-order valence-corrected chi connectivity index (χ2v) is 4.94. The van der Waals surface area contributed by atoms with Crippen LogP contribution in [-0.2, 0) is 0 Å². The number of rotatable bonds is 6. The molecule has 1 amide bonds. The number of nitrogen functional groups attached to an aromatic ring is 1. The molecule has 3 N–H and O–H groups in total. The van der Waals surface area contributed by atoms with E-state index in [4.69, 9.17) is 22.1 Å². The van der Waals surface area contributed by atoms with E-state index in [1.807, 2.05) is 30.3 Å². The molecule has 2 aromatic rings. The molecule has 0 atom stereocenters. The molecule has 0 aliphatic rings. The van der Waals surface area contributed by atoms with Crippen LogP contribution in [0.25, 0.3) is 0 Å². The summed E-state index contributed by atoms with van der Waals surface area (Å²) in [6.45, 7) is 1.06. The third kappa shape index (κ3) is 4.68. The van der Waals surface area contributed by atoms with Crippen molar-refractivity contribution in [3.63, 3.8) is 0 Å². The van der Waals surface area contributed by atoms with Crippen LogP contribution >= 0.6 is 11.6 Å². The molecule has 0 aromatic heterocycles. The van der Waals surface area contributed by atoms with Crippen molar-refractivity contribution in [2.45, 2.75) is 6.42 Å². The quantitative estimate of drug-likeness (QED) is 0.636. The molecule has 2 aromatic carbocycles. The summed E-state index contributed by atoms with van der Waals surface area (Å²) >= 11 is 5.80. The fraction of sp³-hybridized carbons (Fsp3) is 0.188. The summed E-state index contributed by atoms with van der Waals surface area (Å²) in [6.07, 6.45) is 0.716. The van der Waals surface area contributed by atoms with E-state index in [0.29, 0.717) is 35.8 Å². The molecule has 0 fully saturated rings. The van der Waals surface area contributed by atoms with Gasteiger partial charge in [0, 0.05) is 17.3 Å². The minimum atomic E-state index is -0.205. The monoisotopic (exact) mass is 304 g/mol. The second-order valence-electron chi connectivity index (χ2n) is 4.50. The van der Waals surface area contributed by atoms with Crippen molar-refractivity contribution >= 4 is 23.2 Å². The van der Waals surface area contributed by atoms with Gasteiger partial charge in [-0.2, -0.15) is 0 Å². The Balaban J connectivity index is 1.72. The van der Waals surface area contributed by atoms with Crippen LogP contribution < -0.4 is 15.8 Å². The average Bonchev–Trinajstić information content (AvgIpc) is 2.47. The molecule has 21 heavy (non-hydrogen) atoms. The molecule has 0 bridgehead atoms. The van der Waals surface area contributed by atoms with E-state index in [9.17, 15) is 4.79 Å². The summed E-state index contributed by atoms with van der Waals surface area (Å²) in [5.74, 6) is 0.620. The molecular formula is C16H17ClN2O2. The molecule has 0 aliphatic heterocycles. The van der Waals surface area contributed by atoms with Crippen LogP contribution in [0.4, 0.5) is 5.69 Å². The van der Waals surface area contributed by atoms with Crippen LogP contribution in [0.1, 0.15) is 16.8 Å². The van der Waals surface area contributed by atoms with E-state index in [0.717, 1.165) is 5.75 Å². The normalized spacial score (nSPS) is 10.1. The first-order valence-electron chi connectivity index (χ1n) is 6.68. The van der Waals surface area contributed by atoms with Gasteiger partial charge in [-0.15, -0.1) is 0 Å². The molecule has 0 heterocycles. The van der Waals surface area contributed by atoms with Gasteiger partial charge < -0.3 is 15.8 Å². The number of anilines is 1. The van der Waals surface area contributed by atoms with Crippen LogP contribution in [0.3, 0.4) is 0 Å². The third-order valence-corrected chi connectivity index (χ3v) is 3.11. The van der Waals surface area contributed by atoms with E-state index in [1.54, 1.807) is 18.2 Å². The van der Waals surface area contributed by atoms with Crippen molar-refractivity contribution in [3.05, 3.63) is 59.1 Å². The number of amides is 1. The van der Waals surface area contributed by atoms with Crippen LogP contribution in [0, 0.1) is 0 Å². The summed E-state index contributed by atoms with van der Waals surface area (Å²) in [6, 6.07) is 14.4. The van der Waals surface area contributed by atoms with Crippen LogP contribution in [-0.4, -0.2) is 19.1 Å². The van der Waals surface area contributed by atoms with Gasteiger partial charge in [-0.1, -0.05) is 29.8 Å². The largest absolute Gasteiger partial charge is 0.494 e. The minimum absolute atomic E-state index is 0.205. The van der Waals surface area contributed by atoms with Crippen molar-refractivity contribution in [2.75, 3.05) is 18.9 Å². The van der Waals surface area contributed by atoms with E-state index >= 15 is 0 Å². The van der Waals surface area contributed by atoms with Gasteiger partial charge in [0.15, 0.2) is 0 Å². The first kappa shape index (κ1) is 15.2. The maximum Gasteiger partial charge on any atom is 0.253 e. The molecule has 0 spiro atoms. The van der Waals surface area contributed by atoms with Crippen LogP contribution in [0.2, 0.25) is 5.02 Å². The van der Waals surface area contributed by atoms with Gasteiger partial charge >= 0.3 is 0 Å². The lowest BCUT2D eigenvalue weighted by molar-refractivity contribution is 0.0952. The number of carbonyl (C=O) groups excluding carboxylic acids is 1. The second kappa shape index (κ2) is 7.55. The highest BCUT2D eigenvalue weighted by atomic mass is 35.5. The number of nitrogens with one attached hydrogen (secondary N) is 1. The molecule has 5 heteroatoms. The Kier molecular flexibility index (Phi) is 5.46. The van der Waals surface area contributed by atoms with Gasteiger partial charge in [0.05, 0.1) is 12.2 Å². The highest BCUT2D eigenvalue weighted by Gasteiger charge is 2.09. The van der Waals surface area contributed by atoms with Crippen molar-refractivity contribution in [1.82, 2.24) is 5.32 Å². The SMILES string of the molecule is Nc1cc(Cl)ccc1C(=O)NCCCOc1ccccc1. The Morgan fingerprint density at radius 3 is 2.67 bits per heavy atom. The molecule has 110 valence electrons. The fourth-order valence-electron chi connectivity index (χ4n) is 1.82.